The molecule has 0 aliphatic heterocycles. The molecule has 0 saturated heterocycles. The van der Waals surface area contributed by atoms with Crippen LogP contribution in [0.15, 0.2) is 48.6 Å². The highest BCUT2D eigenvalue weighted by molar-refractivity contribution is 5.92. The van der Waals surface area contributed by atoms with Crippen molar-refractivity contribution in [2.75, 3.05) is 0 Å². The number of hydrogen-bond acceptors (Lipinski definition) is 2. The van der Waals surface area contributed by atoms with Gasteiger partial charge in [-0.15, -0.1) is 0 Å². The molecule has 0 radical (unpaired) electrons. The molecule has 4 nitrogen and oxygen atoms in total. The molecule has 1 aromatic heterocycles. The molecule has 1 heterocycles. The van der Waals surface area contributed by atoms with Gasteiger partial charge in [-0.25, -0.2) is 9.78 Å². The normalized spacial score (nSPS) is 12.4. The number of carboxylic acid groups (broad SMARTS) is 1. The fraction of sp³-hybridized carbons (Fsp3) is 0.400. The van der Waals surface area contributed by atoms with Crippen molar-refractivity contribution in [3.8, 4) is 0 Å². The van der Waals surface area contributed by atoms with Crippen LogP contribution in [0, 0.1) is 5.41 Å². The van der Waals surface area contributed by atoms with E-state index in [1.54, 1.807) is 24.7 Å². The van der Waals surface area contributed by atoms with Crippen LogP contribution < -0.4 is 0 Å². The maximum atomic E-state index is 11.4. The number of carboxylic acids is 1. The Morgan fingerprint density at radius 2 is 2.04 bits per heavy atom. The quantitative estimate of drug-likeness (QED) is 0.789. The lowest BCUT2D eigenvalue weighted by molar-refractivity contribution is 0.0696. The first kappa shape index (κ1) is 18.0. The van der Waals surface area contributed by atoms with Gasteiger partial charge in [-0.3, -0.25) is 0 Å². The smallest absolute Gasteiger partial charge is 0.336 e. The van der Waals surface area contributed by atoms with Crippen LogP contribution in [0.3, 0.4) is 0 Å². The summed E-state index contributed by atoms with van der Waals surface area (Å²) in [4.78, 5) is 15.5. The number of rotatable bonds is 7. The molecule has 128 valence electrons. The number of nitrogens with zero attached hydrogens (tertiary/aromatic N) is 2. The number of hydrogen-bond donors (Lipinski definition) is 1. The number of aromatic nitrogens is 2. The first-order valence-electron chi connectivity index (χ1n) is 8.33. The number of allylic oxidation sites excluding steroid dienone is 1. The van der Waals surface area contributed by atoms with Gasteiger partial charge in [-0.05, 0) is 41.9 Å². The molecule has 1 N–H and O–H groups in total. The number of carbonyl (C=O) groups is 1. The molecule has 2 aromatic rings. The number of imidazole rings is 1. The monoisotopic (exact) mass is 326 g/mol. The third-order valence-corrected chi connectivity index (χ3v) is 3.92. The zero-order valence-electron chi connectivity index (χ0n) is 14.7. The summed E-state index contributed by atoms with van der Waals surface area (Å²) in [5.74, 6) is -0.890. The van der Waals surface area contributed by atoms with Gasteiger partial charge in [-0.2, -0.15) is 0 Å². The van der Waals surface area contributed by atoms with Crippen LogP contribution in [0.1, 0.15) is 56.0 Å². The highest BCUT2D eigenvalue weighted by Crippen LogP contribution is 2.25. The fourth-order valence-corrected chi connectivity index (χ4v) is 2.69. The summed E-state index contributed by atoms with van der Waals surface area (Å²) >= 11 is 0. The van der Waals surface area contributed by atoms with Crippen molar-refractivity contribution < 1.29 is 9.90 Å². The molecule has 0 aliphatic rings. The van der Waals surface area contributed by atoms with E-state index in [9.17, 15) is 9.90 Å². The van der Waals surface area contributed by atoms with Crippen LogP contribution in [0.5, 0.6) is 0 Å². The van der Waals surface area contributed by atoms with Gasteiger partial charge >= 0.3 is 5.97 Å². The summed E-state index contributed by atoms with van der Waals surface area (Å²) in [6.45, 7) is 7.46. The molecule has 0 atom stereocenters. The topological polar surface area (TPSA) is 55.1 Å². The number of benzene rings is 1. The van der Waals surface area contributed by atoms with Crippen molar-refractivity contribution >= 4 is 12.0 Å². The second-order valence-electron chi connectivity index (χ2n) is 7.34. The molecule has 24 heavy (non-hydrogen) atoms. The van der Waals surface area contributed by atoms with Crippen LogP contribution in [0.25, 0.3) is 6.08 Å². The Kier molecular flexibility index (Phi) is 5.96. The van der Waals surface area contributed by atoms with E-state index >= 15 is 0 Å². The molecular weight excluding hydrogens is 300 g/mol. The largest absolute Gasteiger partial charge is 0.478 e. The molecule has 0 fully saturated rings. The van der Waals surface area contributed by atoms with Crippen LogP contribution in [0.4, 0.5) is 0 Å². The van der Waals surface area contributed by atoms with Crippen molar-refractivity contribution in [2.45, 2.75) is 46.6 Å². The minimum atomic E-state index is -0.890. The number of aromatic carboxylic acids is 1. The molecule has 0 spiro atoms. The highest BCUT2D eigenvalue weighted by Gasteiger charge is 2.12. The van der Waals surface area contributed by atoms with E-state index in [1.807, 2.05) is 29.0 Å². The van der Waals surface area contributed by atoms with Gasteiger partial charge in [0, 0.05) is 18.9 Å². The van der Waals surface area contributed by atoms with Crippen molar-refractivity contribution in [2.24, 2.45) is 5.41 Å². The molecule has 0 aliphatic carbocycles. The second-order valence-corrected chi connectivity index (χ2v) is 7.34. The first-order valence-corrected chi connectivity index (χ1v) is 8.33. The molecule has 1 aromatic carbocycles. The van der Waals surface area contributed by atoms with Gasteiger partial charge in [0.25, 0.3) is 0 Å². The summed E-state index contributed by atoms with van der Waals surface area (Å²) in [6.07, 6.45) is 10.7. The van der Waals surface area contributed by atoms with Gasteiger partial charge in [0.05, 0.1) is 11.9 Å². The Bertz CT molecular complexity index is 695. The minimum Gasteiger partial charge on any atom is -0.478 e. The second kappa shape index (κ2) is 7.95. The maximum Gasteiger partial charge on any atom is 0.336 e. The molecule has 0 saturated carbocycles. The van der Waals surface area contributed by atoms with Gasteiger partial charge in [-0.1, -0.05) is 45.0 Å². The standard InChI is InChI=1S/C20H26N2O2/c1-20(2,3)10-6-7-16(14-22-12-11-21-15-22)13-17-8-4-5-9-18(17)19(23)24/h4-5,8-9,11-13,15H,6-7,10,14H2,1-3H3,(H,23,24). The SMILES string of the molecule is CC(C)(C)CCCC(=Cc1ccccc1C(=O)O)Cn1ccnc1. The summed E-state index contributed by atoms with van der Waals surface area (Å²) in [6, 6.07) is 7.15. The van der Waals surface area contributed by atoms with Crippen LogP contribution in [-0.2, 0) is 6.54 Å². The summed E-state index contributed by atoms with van der Waals surface area (Å²) in [5, 5.41) is 9.37. The average molecular weight is 326 g/mol. The van der Waals surface area contributed by atoms with E-state index < -0.39 is 5.97 Å². The fourth-order valence-electron chi connectivity index (χ4n) is 2.69. The zero-order valence-corrected chi connectivity index (χ0v) is 14.7. The van der Waals surface area contributed by atoms with E-state index in [1.165, 1.54) is 5.57 Å². The third-order valence-electron chi connectivity index (χ3n) is 3.92. The molecule has 4 heteroatoms. The van der Waals surface area contributed by atoms with E-state index in [0.29, 0.717) is 11.0 Å². The Morgan fingerprint density at radius 3 is 2.67 bits per heavy atom. The predicted octanol–water partition coefficient (Wildman–Crippen LogP) is 4.88. The highest BCUT2D eigenvalue weighted by atomic mass is 16.4. The molecular formula is C20H26N2O2. The molecule has 0 amide bonds. The van der Waals surface area contributed by atoms with Gasteiger partial charge in [0.2, 0.25) is 0 Å². The Hall–Kier alpha value is -2.36. The zero-order chi connectivity index (χ0) is 17.6. The van der Waals surface area contributed by atoms with Crippen molar-refractivity contribution in [3.63, 3.8) is 0 Å². The lowest BCUT2D eigenvalue weighted by atomic mass is 9.88. The van der Waals surface area contributed by atoms with E-state index in [-0.39, 0.29) is 0 Å². The molecule has 2 rings (SSSR count). The minimum absolute atomic E-state index is 0.305. The maximum absolute atomic E-state index is 11.4. The first-order chi connectivity index (χ1) is 11.3. The van der Waals surface area contributed by atoms with Crippen LogP contribution in [0.2, 0.25) is 0 Å². The molecule has 0 bridgehead atoms. The predicted molar refractivity (Wildman–Crippen MR) is 96.9 cm³/mol. The third kappa shape index (κ3) is 5.69. The van der Waals surface area contributed by atoms with Crippen LogP contribution in [-0.4, -0.2) is 20.6 Å². The van der Waals surface area contributed by atoms with Gasteiger partial charge in [0.15, 0.2) is 0 Å². The van der Waals surface area contributed by atoms with E-state index in [4.69, 9.17) is 0 Å². The van der Waals surface area contributed by atoms with Crippen LogP contribution >= 0.6 is 0 Å². The Labute approximate surface area is 143 Å². The average Bonchev–Trinajstić information content (AvgIpc) is 2.99. The van der Waals surface area contributed by atoms with Gasteiger partial charge in [0.1, 0.15) is 0 Å². The van der Waals surface area contributed by atoms with Crippen molar-refractivity contribution in [3.05, 3.63) is 59.7 Å². The van der Waals surface area contributed by atoms with Gasteiger partial charge < -0.3 is 9.67 Å². The van der Waals surface area contributed by atoms with Crippen molar-refractivity contribution in [1.82, 2.24) is 9.55 Å². The Morgan fingerprint density at radius 1 is 1.29 bits per heavy atom. The van der Waals surface area contributed by atoms with E-state index in [0.717, 1.165) is 31.4 Å². The Balaban J connectivity index is 2.22. The van der Waals surface area contributed by atoms with Crippen molar-refractivity contribution in [1.29, 1.82) is 0 Å². The summed E-state index contributed by atoms with van der Waals surface area (Å²) in [5.41, 5.74) is 2.62. The summed E-state index contributed by atoms with van der Waals surface area (Å²) in [7, 11) is 0. The lowest BCUT2D eigenvalue weighted by Gasteiger charge is -2.18. The molecule has 0 unspecified atom stereocenters. The lowest BCUT2D eigenvalue weighted by Crippen LogP contribution is -2.06. The van der Waals surface area contributed by atoms with E-state index in [2.05, 4.69) is 25.8 Å². The summed E-state index contributed by atoms with van der Waals surface area (Å²) < 4.78 is 2.02.